The molecule has 0 aliphatic rings. The van der Waals surface area contributed by atoms with Crippen LogP contribution in [0.3, 0.4) is 0 Å². The molecule has 2 rings (SSSR count). The number of pyridine rings is 1. The minimum atomic E-state index is -1.11. The van der Waals surface area contributed by atoms with Gasteiger partial charge in [-0.3, -0.25) is 0 Å². The second-order valence-electron chi connectivity index (χ2n) is 4.96. The summed E-state index contributed by atoms with van der Waals surface area (Å²) in [7, 11) is 0. The zero-order valence-corrected chi connectivity index (χ0v) is 11.7. The molecule has 1 aromatic carbocycles. The third kappa shape index (κ3) is 2.96. The van der Waals surface area contributed by atoms with Crippen molar-refractivity contribution in [1.82, 2.24) is 4.98 Å². The number of carboxylic acids is 1. The third-order valence-corrected chi connectivity index (χ3v) is 3.62. The lowest BCUT2D eigenvalue weighted by Gasteiger charge is -2.30. The van der Waals surface area contributed by atoms with E-state index >= 15 is 0 Å². The highest BCUT2D eigenvalue weighted by Crippen LogP contribution is 2.24. The van der Waals surface area contributed by atoms with Gasteiger partial charge in [0.25, 0.3) is 0 Å². The van der Waals surface area contributed by atoms with E-state index in [4.69, 9.17) is 0 Å². The van der Waals surface area contributed by atoms with Crippen molar-refractivity contribution in [3.05, 3.63) is 35.9 Å². The Bertz CT molecular complexity index is 645. The predicted molar refractivity (Wildman–Crippen MR) is 79.5 cm³/mol. The van der Waals surface area contributed by atoms with Crippen LogP contribution in [-0.2, 0) is 0 Å². The number of carbonyl (C=O) groups is 1. The topological polar surface area (TPSA) is 103 Å². The maximum Gasteiger partial charge on any atom is 0.339 e. The summed E-state index contributed by atoms with van der Waals surface area (Å²) in [5, 5.41) is 31.9. The van der Waals surface area contributed by atoms with Crippen LogP contribution < -0.4 is 5.32 Å². The number of hydrogen-bond acceptors (Lipinski definition) is 5. The van der Waals surface area contributed by atoms with Crippen molar-refractivity contribution >= 4 is 22.7 Å². The fourth-order valence-corrected chi connectivity index (χ4v) is 2.07. The average Bonchev–Trinajstić information content (AvgIpc) is 2.51. The van der Waals surface area contributed by atoms with E-state index in [0.29, 0.717) is 11.9 Å². The Morgan fingerprint density at radius 2 is 1.95 bits per heavy atom. The molecule has 0 spiro atoms. The van der Waals surface area contributed by atoms with Gasteiger partial charge in [-0.05, 0) is 18.6 Å². The summed E-state index contributed by atoms with van der Waals surface area (Å²) in [6.45, 7) is 1.14. The van der Waals surface area contributed by atoms with E-state index in [2.05, 4.69) is 10.3 Å². The van der Waals surface area contributed by atoms with Gasteiger partial charge in [0.05, 0.1) is 24.3 Å². The Labute approximate surface area is 122 Å². The lowest BCUT2D eigenvalue weighted by molar-refractivity contribution is 0.0696. The zero-order chi connectivity index (χ0) is 15.5. The largest absolute Gasteiger partial charge is 0.478 e. The first-order valence-electron chi connectivity index (χ1n) is 6.68. The van der Waals surface area contributed by atoms with Gasteiger partial charge in [0.2, 0.25) is 0 Å². The number of nitrogens with one attached hydrogen (secondary N) is 1. The van der Waals surface area contributed by atoms with Gasteiger partial charge in [0, 0.05) is 5.39 Å². The average molecular weight is 290 g/mol. The molecule has 0 saturated carbocycles. The molecule has 6 nitrogen and oxygen atoms in total. The van der Waals surface area contributed by atoms with Crippen molar-refractivity contribution in [2.45, 2.75) is 18.9 Å². The molecule has 0 radical (unpaired) electrons. The van der Waals surface area contributed by atoms with Crippen molar-refractivity contribution < 1.29 is 20.1 Å². The molecule has 0 aliphatic heterocycles. The molecule has 1 heterocycles. The third-order valence-electron chi connectivity index (χ3n) is 3.62. The van der Waals surface area contributed by atoms with Crippen LogP contribution in [0.5, 0.6) is 0 Å². The van der Waals surface area contributed by atoms with Crippen molar-refractivity contribution in [1.29, 1.82) is 0 Å². The number of rotatable bonds is 6. The minimum Gasteiger partial charge on any atom is -0.478 e. The molecule has 6 heteroatoms. The van der Waals surface area contributed by atoms with Gasteiger partial charge < -0.3 is 20.6 Å². The summed E-state index contributed by atoms with van der Waals surface area (Å²) in [6, 6.07) is 8.70. The number of aliphatic hydroxyl groups is 2. The number of nitrogens with zero attached hydrogens (tertiary/aromatic N) is 1. The van der Waals surface area contributed by atoms with Crippen molar-refractivity contribution in [3.8, 4) is 0 Å². The predicted octanol–water partition coefficient (Wildman–Crippen LogP) is 1.48. The van der Waals surface area contributed by atoms with Gasteiger partial charge in [0.15, 0.2) is 0 Å². The summed E-state index contributed by atoms with van der Waals surface area (Å²) in [6.07, 6.45) is 0.424. The van der Waals surface area contributed by atoms with Gasteiger partial charge >= 0.3 is 5.97 Å². The fraction of sp³-hybridized carbons (Fsp3) is 0.333. The second-order valence-corrected chi connectivity index (χ2v) is 4.96. The molecule has 0 aliphatic carbocycles. The molecule has 4 N–H and O–H groups in total. The van der Waals surface area contributed by atoms with Crippen molar-refractivity contribution in [2.75, 3.05) is 18.5 Å². The Kier molecular flexibility index (Phi) is 4.40. The molecule has 2 aromatic rings. The highest BCUT2D eigenvalue weighted by molar-refractivity contribution is 5.98. The first-order chi connectivity index (χ1) is 10.0. The molecule has 21 heavy (non-hydrogen) atoms. The molecule has 0 fully saturated rings. The summed E-state index contributed by atoms with van der Waals surface area (Å²) in [5.74, 6) is -0.970. The number of aromatic nitrogens is 1. The van der Waals surface area contributed by atoms with Crippen LogP contribution in [0.4, 0.5) is 5.82 Å². The van der Waals surface area contributed by atoms with Crippen LogP contribution >= 0.6 is 0 Å². The maximum atomic E-state index is 11.4. The highest BCUT2D eigenvalue weighted by Gasteiger charge is 2.29. The molecule has 112 valence electrons. The molecule has 0 bridgehead atoms. The lowest BCUT2D eigenvalue weighted by Crippen LogP contribution is -2.45. The van der Waals surface area contributed by atoms with Gasteiger partial charge in [-0.1, -0.05) is 25.1 Å². The number of fused-ring (bicyclic) bond motifs is 1. The van der Waals surface area contributed by atoms with Gasteiger partial charge in [-0.25, -0.2) is 9.78 Å². The molecule has 0 amide bonds. The number of anilines is 1. The quantitative estimate of drug-likeness (QED) is 0.642. The number of carboxylic acid groups (broad SMARTS) is 1. The van der Waals surface area contributed by atoms with E-state index in [1.165, 1.54) is 6.07 Å². The van der Waals surface area contributed by atoms with Crippen LogP contribution in [0.2, 0.25) is 0 Å². The number of aliphatic hydroxyl groups excluding tert-OH is 2. The van der Waals surface area contributed by atoms with Crippen LogP contribution in [0, 0.1) is 0 Å². The Morgan fingerprint density at radius 3 is 2.52 bits per heavy atom. The molecule has 0 atom stereocenters. The van der Waals surface area contributed by atoms with Crippen LogP contribution in [0.1, 0.15) is 23.7 Å². The Hall–Kier alpha value is -2.18. The number of aromatic carboxylic acids is 1. The number of hydrogen-bond donors (Lipinski definition) is 4. The van der Waals surface area contributed by atoms with Crippen LogP contribution in [0.25, 0.3) is 10.9 Å². The van der Waals surface area contributed by atoms with Crippen molar-refractivity contribution in [2.24, 2.45) is 0 Å². The van der Waals surface area contributed by atoms with Gasteiger partial charge in [-0.2, -0.15) is 0 Å². The fourth-order valence-electron chi connectivity index (χ4n) is 2.07. The van der Waals surface area contributed by atoms with E-state index in [9.17, 15) is 20.1 Å². The zero-order valence-electron chi connectivity index (χ0n) is 11.7. The van der Waals surface area contributed by atoms with Gasteiger partial charge in [0.1, 0.15) is 11.4 Å². The summed E-state index contributed by atoms with van der Waals surface area (Å²) < 4.78 is 0. The molecule has 1 aromatic heterocycles. The SMILES string of the molecule is CCC(CO)(CO)Nc1nc2ccccc2cc1C(=O)O. The lowest BCUT2D eigenvalue weighted by atomic mass is 9.98. The van der Waals surface area contributed by atoms with E-state index in [-0.39, 0.29) is 24.6 Å². The van der Waals surface area contributed by atoms with Gasteiger partial charge in [-0.15, -0.1) is 0 Å². The minimum absolute atomic E-state index is 0.00780. The van der Waals surface area contributed by atoms with E-state index in [1.54, 1.807) is 25.1 Å². The highest BCUT2D eigenvalue weighted by atomic mass is 16.4. The number of para-hydroxylation sites is 1. The van der Waals surface area contributed by atoms with Crippen LogP contribution in [-0.4, -0.2) is 45.0 Å². The molecule has 0 unspecified atom stereocenters. The summed E-state index contributed by atoms with van der Waals surface area (Å²) >= 11 is 0. The smallest absolute Gasteiger partial charge is 0.339 e. The summed E-state index contributed by atoms with van der Waals surface area (Å²) in [5.41, 5.74) is -0.348. The van der Waals surface area contributed by atoms with Crippen LogP contribution in [0.15, 0.2) is 30.3 Å². The standard InChI is InChI=1S/C15H18N2O4/c1-2-15(8-18,9-19)17-13-11(14(20)21)7-10-5-3-4-6-12(10)16-13/h3-7,18-19H,2,8-9H2,1H3,(H,16,17)(H,20,21). The first-order valence-corrected chi connectivity index (χ1v) is 6.68. The monoisotopic (exact) mass is 290 g/mol. The first kappa shape index (κ1) is 15.2. The summed E-state index contributed by atoms with van der Waals surface area (Å²) in [4.78, 5) is 15.7. The molecule has 0 saturated heterocycles. The number of benzene rings is 1. The Morgan fingerprint density at radius 1 is 1.29 bits per heavy atom. The normalized spacial score (nSPS) is 11.6. The second kappa shape index (κ2) is 6.07. The van der Waals surface area contributed by atoms with E-state index in [1.807, 2.05) is 6.07 Å². The molecular weight excluding hydrogens is 272 g/mol. The van der Waals surface area contributed by atoms with E-state index in [0.717, 1.165) is 5.39 Å². The molecular formula is C15H18N2O4. The van der Waals surface area contributed by atoms with Crippen molar-refractivity contribution in [3.63, 3.8) is 0 Å². The Balaban J connectivity index is 2.55. The maximum absolute atomic E-state index is 11.4. The van der Waals surface area contributed by atoms with E-state index < -0.39 is 11.5 Å².